The summed E-state index contributed by atoms with van der Waals surface area (Å²) in [6.07, 6.45) is 4.45. The van der Waals surface area contributed by atoms with Crippen molar-refractivity contribution in [2.24, 2.45) is 0 Å². The maximum absolute atomic E-state index is 12.5. The minimum Gasteiger partial charge on any atom is -0.479 e. The number of amides is 2. The van der Waals surface area contributed by atoms with Gasteiger partial charge in [0.2, 0.25) is 5.91 Å². The topological polar surface area (TPSA) is 49.9 Å². The lowest BCUT2D eigenvalue weighted by atomic mass is 10.1. The first-order valence-corrected chi connectivity index (χ1v) is 8.51. The highest BCUT2D eigenvalue weighted by atomic mass is 16.5. The average Bonchev–Trinajstić information content (AvgIpc) is 2.84. The van der Waals surface area contributed by atoms with Gasteiger partial charge in [0.25, 0.3) is 5.91 Å². The number of ether oxygens (including phenoxy) is 1. The van der Waals surface area contributed by atoms with Gasteiger partial charge in [0.15, 0.2) is 6.10 Å². The Morgan fingerprint density at radius 2 is 1.87 bits per heavy atom. The third kappa shape index (κ3) is 3.49. The number of benzene rings is 1. The lowest BCUT2D eigenvalue weighted by Crippen LogP contribution is -2.46. The maximum atomic E-state index is 12.5. The number of nitrogens with zero attached hydrogens (tertiary/aromatic N) is 2. The summed E-state index contributed by atoms with van der Waals surface area (Å²) in [7, 11) is 0. The molecular formula is C18H24N2O3. The summed E-state index contributed by atoms with van der Waals surface area (Å²) >= 11 is 0. The van der Waals surface area contributed by atoms with E-state index in [1.807, 2.05) is 29.2 Å². The van der Waals surface area contributed by atoms with E-state index in [1.54, 1.807) is 11.8 Å². The average molecular weight is 316 g/mol. The Balaban J connectivity index is 1.67. The molecule has 2 amide bonds. The molecule has 1 aromatic carbocycles. The van der Waals surface area contributed by atoms with Crippen molar-refractivity contribution in [1.29, 1.82) is 0 Å². The number of fused-ring (bicyclic) bond motifs is 1. The normalized spacial score (nSPS) is 21.4. The van der Waals surface area contributed by atoms with Crippen LogP contribution in [-0.2, 0) is 9.59 Å². The maximum Gasteiger partial charge on any atom is 0.267 e. The molecule has 124 valence electrons. The van der Waals surface area contributed by atoms with Gasteiger partial charge in [0.05, 0.1) is 5.69 Å². The summed E-state index contributed by atoms with van der Waals surface area (Å²) < 4.78 is 5.63. The molecule has 1 aromatic rings. The Morgan fingerprint density at radius 1 is 1.17 bits per heavy atom. The van der Waals surface area contributed by atoms with Gasteiger partial charge in [0.1, 0.15) is 5.75 Å². The molecular weight excluding hydrogens is 292 g/mol. The molecule has 0 spiro atoms. The fourth-order valence-electron chi connectivity index (χ4n) is 3.28. The first kappa shape index (κ1) is 15.8. The summed E-state index contributed by atoms with van der Waals surface area (Å²) in [5.41, 5.74) is 0.763. The van der Waals surface area contributed by atoms with Gasteiger partial charge in [-0.25, -0.2) is 0 Å². The quantitative estimate of drug-likeness (QED) is 0.861. The highest BCUT2D eigenvalue weighted by molar-refractivity contribution is 6.00. The number of rotatable bonds is 3. The van der Waals surface area contributed by atoms with Crippen LogP contribution in [0.4, 0.5) is 5.69 Å². The zero-order valence-corrected chi connectivity index (χ0v) is 13.7. The molecule has 0 saturated carbocycles. The van der Waals surface area contributed by atoms with Crippen LogP contribution in [0.15, 0.2) is 24.3 Å². The van der Waals surface area contributed by atoms with Crippen LogP contribution in [0.25, 0.3) is 0 Å². The summed E-state index contributed by atoms with van der Waals surface area (Å²) in [6, 6.07) is 7.51. The number of hydrogen-bond donors (Lipinski definition) is 0. The molecule has 0 aromatic heterocycles. The number of carbonyl (C=O) groups is 2. The Labute approximate surface area is 137 Å². The predicted octanol–water partition coefficient (Wildman–Crippen LogP) is 2.59. The van der Waals surface area contributed by atoms with E-state index < -0.39 is 6.10 Å². The van der Waals surface area contributed by atoms with E-state index in [1.165, 1.54) is 12.8 Å². The van der Waals surface area contributed by atoms with Crippen LogP contribution in [0.5, 0.6) is 5.75 Å². The lowest BCUT2D eigenvalue weighted by Gasteiger charge is -2.33. The second-order valence-electron chi connectivity index (χ2n) is 6.26. The van der Waals surface area contributed by atoms with Crippen LogP contribution in [0.1, 0.15) is 39.0 Å². The molecule has 0 aliphatic carbocycles. The van der Waals surface area contributed by atoms with Crippen LogP contribution < -0.4 is 9.64 Å². The third-order valence-electron chi connectivity index (χ3n) is 4.58. The largest absolute Gasteiger partial charge is 0.479 e. The van der Waals surface area contributed by atoms with Crippen LogP contribution in [0.3, 0.4) is 0 Å². The Hall–Kier alpha value is -2.04. The number of hydrogen-bond acceptors (Lipinski definition) is 3. The van der Waals surface area contributed by atoms with E-state index in [0.29, 0.717) is 18.7 Å². The summed E-state index contributed by atoms with van der Waals surface area (Å²) in [4.78, 5) is 28.5. The fourth-order valence-corrected chi connectivity index (χ4v) is 3.28. The van der Waals surface area contributed by atoms with Gasteiger partial charge in [0, 0.05) is 26.1 Å². The molecule has 1 atom stereocenters. The fraction of sp³-hybridized carbons (Fsp3) is 0.556. The molecule has 0 radical (unpaired) electrons. The van der Waals surface area contributed by atoms with Crippen LogP contribution in [0, 0.1) is 0 Å². The van der Waals surface area contributed by atoms with E-state index in [0.717, 1.165) is 31.6 Å². The van der Waals surface area contributed by atoms with E-state index >= 15 is 0 Å². The van der Waals surface area contributed by atoms with Crippen molar-refractivity contribution in [3.63, 3.8) is 0 Å². The molecule has 5 nitrogen and oxygen atoms in total. The molecule has 0 bridgehead atoms. The molecule has 23 heavy (non-hydrogen) atoms. The molecule has 2 aliphatic heterocycles. The second-order valence-corrected chi connectivity index (χ2v) is 6.26. The highest BCUT2D eigenvalue weighted by Crippen LogP contribution is 2.33. The molecule has 2 heterocycles. The first-order chi connectivity index (χ1) is 11.2. The molecule has 5 heteroatoms. The molecule has 1 saturated heterocycles. The predicted molar refractivity (Wildman–Crippen MR) is 88.6 cm³/mol. The molecule has 3 rings (SSSR count). The van der Waals surface area contributed by atoms with E-state index in [-0.39, 0.29) is 11.8 Å². The van der Waals surface area contributed by atoms with Gasteiger partial charge in [-0.3, -0.25) is 9.59 Å². The standard InChI is InChI=1S/C18H24N2O3/c1-14-18(22)20(15-8-4-5-9-16(15)23-14)13-10-17(21)19-11-6-2-3-7-12-19/h4-5,8-9,14H,2-3,6-7,10-13H2,1H3/t14-/m1/s1. The Bertz CT molecular complexity index is 579. The summed E-state index contributed by atoms with van der Waals surface area (Å²) in [5.74, 6) is 0.783. The Morgan fingerprint density at radius 3 is 2.61 bits per heavy atom. The van der Waals surface area contributed by atoms with Gasteiger partial charge >= 0.3 is 0 Å². The minimum absolute atomic E-state index is 0.0765. The van der Waals surface area contributed by atoms with Crippen LogP contribution in [-0.4, -0.2) is 42.5 Å². The smallest absolute Gasteiger partial charge is 0.267 e. The SMILES string of the molecule is C[C@H]1Oc2ccccc2N(CCC(=O)N2CCCCCC2)C1=O. The molecule has 0 N–H and O–H groups in total. The number of likely N-dealkylation sites (tertiary alicyclic amines) is 1. The van der Waals surface area contributed by atoms with Crippen molar-refractivity contribution in [3.8, 4) is 5.75 Å². The number of carbonyl (C=O) groups excluding carboxylic acids is 2. The lowest BCUT2D eigenvalue weighted by molar-refractivity contribution is -0.131. The Kier molecular flexibility index (Phi) is 4.84. The van der Waals surface area contributed by atoms with Crippen molar-refractivity contribution < 1.29 is 14.3 Å². The van der Waals surface area contributed by atoms with Crippen LogP contribution in [0.2, 0.25) is 0 Å². The first-order valence-electron chi connectivity index (χ1n) is 8.51. The van der Waals surface area contributed by atoms with Gasteiger partial charge in [-0.2, -0.15) is 0 Å². The summed E-state index contributed by atoms with van der Waals surface area (Å²) in [5, 5.41) is 0. The van der Waals surface area contributed by atoms with Crippen molar-refractivity contribution in [2.75, 3.05) is 24.5 Å². The summed E-state index contributed by atoms with van der Waals surface area (Å²) in [6.45, 7) is 3.87. The van der Waals surface area contributed by atoms with Gasteiger partial charge in [-0.05, 0) is 31.9 Å². The second kappa shape index (κ2) is 7.02. The van der Waals surface area contributed by atoms with Crippen molar-refractivity contribution >= 4 is 17.5 Å². The van der Waals surface area contributed by atoms with E-state index in [9.17, 15) is 9.59 Å². The zero-order chi connectivity index (χ0) is 16.2. The van der Waals surface area contributed by atoms with Gasteiger partial charge in [-0.15, -0.1) is 0 Å². The van der Waals surface area contributed by atoms with Crippen molar-refractivity contribution in [3.05, 3.63) is 24.3 Å². The number of anilines is 1. The molecule has 2 aliphatic rings. The van der Waals surface area contributed by atoms with Crippen molar-refractivity contribution in [1.82, 2.24) is 4.90 Å². The van der Waals surface area contributed by atoms with Crippen molar-refractivity contribution in [2.45, 2.75) is 45.1 Å². The number of para-hydroxylation sites is 2. The third-order valence-corrected chi connectivity index (χ3v) is 4.58. The van der Waals surface area contributed by atoms with Crippen LogP contribution >= 0.6 is 0 Å². The highest BCUT2D eigenvalue weighted by Gasteiger charge is 2.31. The van der Waals surface area contributed by atoms with Gasteiger partial charge < -0.3 is 14.5 Å². The molecule has 1 fully saturated rings. The van der Waals surface area contributed by atoms with E-state index in [4.69, 9.17) is 4.74 Å². The monoisotopic (exact) mass is 316 g/mol. The van der Waals surface area contributed by atoms with E-state index in [2.05, 4.69) is 0 Å². The molecule has 0 unspecified atom stereocenters. The minimum atomic E-state index is -0.502. The zero-order valence-electron chi connectivity index (χ0n) is 13.7. The van der Waals surface area contributed by atoms with Gasteiger partial charge in [-0.1, -0.05) is 25.0 Å².